The van der Waals surface area contributed by atoms with Gasteiger partial charge in [-0.15, -0.1) is 0 Å². The van der Waals surface area contributed by atoms with Crippen molar-refractivity contribution < 1.29 is 4.79 Å². The molecule has 3 unspecified atom stereocenters. The van der Waals surface area contributed by atoms with Gasteiger partial charge in [-0.3, -0.25) is 9.69 Å². The fourth-order valence-corrected chi connectivity index (χ4v) is 2.91. The highest BCUT2D eigenvalue weighted by Gasteiger charge is 2.31. The Morgan fingerprint density at radius 1 is 1.44 bits per heavy atom. The second kappa shape index (κ2) is 7.10. The van der Waals surface area contributed by atoms with Gasteiger partial charge in [0.25, 0.3) is 0 Å². The SMILES string of the molecule is CCN(CC)C(=O)C(C)N1CCC(NC)C(C)C1. The predicted molar refractivity (Wildman–Crippen MR) is 75.6 cm³/mol. The standard InChI is InChI=1S/C14H29N3O/c1-6-16(7-2)14(18)12(4)17-9-8-13(15-5)11(3)10-17/h11-13,15H,6-10H2,1-5H3. The molecule has 0 saturated carbocycles. The maximum atomic E-state index is 12.3. The summed E-state index contributed by atoms with van der Waals surface area (Å²) < 4.78 is 0. The lowest BCUT2D eigenvalue weighted by Gasteiger charge is -2.40. The van der Waals surface area contributed by atoms with Gasteiger partial charge in [0.2, 0.25) is 5.91 Å². The smallest absolute Gasteiger partial charge is 0.239 e. The van der Waals surface area contributed by atoms with Gasteiger partial charge in [-0.25, -0.2) is 0 Å². The molecule has 0 bridgehead atoms. The molecule has 1 saturated heterocycles. The molecule has 0 aliphatic carbocycles. The molecule has 0 aromatic rings. The molecule has 106 valence electrons. The van der Waals surface area contributed by atoms with Crippen molar-refractivity contribution in [2.24, 2.45) is 5.92 Å². The Kier molecular flexibility index (Phi) is 6.09. The van der Waals surface area contributed by atoms with Crippen molar-refractivity contribution in [1.82, 2.24) is 15.1 Å². The zero-order valence-electron chi connectivity index (χ0n) is 12.6. The monoisotopic (exact) mass is 255 g/mol. The predicted octanol–water partition coefficient (Wildman–Crippen LogP) is 1.17. The topological polar surface area (TPSA) is 35.6 Å². The first-order chi connectivity index (χ1) is 8.54. The maximum absolute atomic E-state index is 12.3. The van der Waals surface area contributed by atoms with Crippen molar-refractivity contribution in [3.05, 3.63) is 0 Å². The number of carbonyl (C=O) groups excluding carboxylic acids is 1. The number of amides is 1. The van der Waals surface area contributed by atoms with Gasteiger partial charge >= 0.3 is 0 Å². The van der Waals surface area contributed by atoms with E-state index in [1.807, 2.05) is 32.7 Å². The molecular formula is C14H29N3O. The Hall–Kier alpha value is -0.610. The highest BCUT2D eigenvalue weighted by molar-refractivity contribution is 5.81. The van der Waals surface area contributed by atoms with Crippen LogP contribution in [0.3, 0.4) is 0 Å². The Morgan fingerprint density at radius 2 is 2.06 bits per heavy atom. The molecule has 18 heavy (non-hydrogen) atoms. The average molecular weight is 255 g/mol. The van der Waals surface area contributed by atoms with Gasteiger partial charge in [0.1, 0.15) is 0 Å². The lowest BCUT2D eigenvalue weighted by molar-refractivity contribution is -0.136. The van der Waals surface area contributed by atoms with Crippen molar-refractivity contribution in [3.63, 3.8) is 0 Å². The summed E-state index contributed by atoms with van der Waals surface area (Å²) in [6.07, 6.45) is 1.13. The lowest BCUT2D eigenvalue weighted by atomic mass is 9.93. The maximum Gasteiger partial charge on any atom is 0.239 e. The molecule has 1 aliphatic heterocycles. The molecule has 0 aromatic heterocycles. The highest BCUT2D eigenvalue weighted by Crippen LogP contribution is 2.19. The van der Waals surface area contributed by atoms with E-state index in [1.165, 1.54) is 0 Å². The summed E-state index contributed by atoms with van der Waals surface area (Å²) in [5.74, 6) is 0.880. The van der Waals surface area contributed by atoms with Crippen LogP contribution in [0.4, 0.5) is 0 Å². The van der Waals surface area contributed by atoms with Crippen LogP contribution in [0.5, 0.6) is 0 Å². The van der Waals surface area contributed by atoms with Crippen LogP contribution >= 0.6 is 0 Å². The second-order valence-electron chi connectivity index (χ2n) is 5.34. The quantitative estimate of drug-likeness (QED) is 0.801. The summed E-state index contributed by atoms with van der Waals surface area (Å²) in [5, 5.41) is 3.37. The summed E-state index contributed by atoms with van der Waals surface area (Å²) in [4.78, 5) is 16.6. The molecule has 0 radical (unpaired) electrons. The van der Waals surface area contributed by atoms with Crippen LogP contribution in [0.2, 0.25) is 0 Å². The van der Waals surface area contributed by atoms with E-state index in [1.54, 1.807) is 0 Å². The molecule has 0 aromatic carbocycles. The van der Waals surface area contributed by atoms with Crippen molar-refractivity contribution in [2.45, 2.75) is 46.2 Å². The fourth-order valence-electron chi connectivity index (χ4n) is 2.91. The number of rotatable bonds is 5. The van der Waals surface area contributed by atoms with Gasteiger partial charge < -0.3 is 10.2 Å². The van der Waals surface area contributed by atoms with Crippen LogP contribution in [0.1, 0.15) is 34.1 Å². The third kappa shape index (κ3) is 3.45. The molecule has 1 rings (SSSR count). The Labute approximate surface area is 112 Å². The van der Waals surface area contributed by atoms with Gasteiger partial charge in [0, 0.05) is 32.2 Å². The first-order valence-electron chi connectivity index (χ1n) is 7.25. The number of likely N-dealkylation sites (tertiary alicyclic amines) is 1. The second-order valence-corrected chi connectivity index (χ2v) is 5.34. The van der Waals surface area contributed by atoms with Gasteiger partial charge in [0.15, 0.2) is 0 Å². The molecule has 1 amide bonds. The van der Waals surface area contributed by atoms with Crippen LogP contribution in [0, 0.1) is 5.92 Å². The molecule has 1 aliphatic rings. The van der Waals surface area contributed by atoms with Gasteiger partial charge in [-0.2, -0.15) is 0 Å². The summed E-state index contributed by atoms with van der Waals surface area (Å²) in [6.45, 7) is 12.1. The summed E-state index contributed by atoms with van der Waals surface area (Å²) in [5.41, 5.74) is 0. The van der Waals surface area contributed by atoms with Crippen molar-refractivity contribution in [2.75, 3.05) is 33.2 Å². The normalized spacial score (nSPS) is 26.9. The fraction of sp³-hybridized carbons (Fsp3) is 0.929. The van der Waals surface area contributed by atoms with E-state index in [4.69, 9.17) is 0 Å². The van der Waals surface area contributed by atoms with E-state index in [0.29, 0.717) is 12.0 Å². The van der Waals surface area contributed by atoms with Crippen LogP contribution in [-0.2, 0) is 4.79 Å². The van der Waals surface area contributed by atoms with Crippen LogP contribution in [0.15, 0.2) is 0 Å². The van der Waals surface area contributed by atoms with Crippen LogP contribution < -0.4 is 5.32 Å². The lowest BCUT2D eigenvalue weighted by Crippen LogP contribution is -2.54. The Morgan fingerprint density at radius 3 is 2.50 bits per heavy atom. The number of hydrogen-bond donors (Lipinski definition) is 1. The molecular weight excluding hydrogens is 226 g/mol. The zero-order chi connectivity index (χ0) is 13.7. The van der Waals surface area contributed by atoms with Crippen LogP contribution in [0.25, 0.3) is 0 Å². The highest BCUT2D eigenvalue weighted by atomic mass is 16.2. The summed E-state index contributed by atoms with van der Waals surface area (Å²) in [6, 6.07) is 0.613. The summed E-state index contributed by atoms with van der Waals surface area (Å²) in [7, 11) is 2.03. The number of nitrogens with zero attached hydrogens (tertiary/aromatic N) is 2. The molecule has 0 spiro atoms. The average Bonchev–Trinajstić information content (AvgIpc) is 2.39. The Balaban J connectivity index is 2.57. The van der Waals surface area contributed by atoms with E-state index in [2.05, 4.69) is 17.1 Å². The number of nitrogens with one attached hydrogen (secondary N) is 1. The molecule has 1 heterocycles. The number of carbonyl (C=O) groups is 1. The van der Waals surface area contributed by atoms with Crippen molar-refractivity contribution in [1.29, 1.82) is 0 Å². The van der Waals surface area contributed by atoms with Gasteiger partial charge in [-0.05, 0) is 40.2 Å². The number of likely N-dealkylation sites (N-methyl/N-ethyl adjacent to an activating group) is 1. The molecule has 1 N–H and O–H groups in total. The summed E-state index contributed by atoms with van der Waals surface area (Å²) >= 11 is 0. The number of hydrogen-bond acceptors (Lipinski definition) is 3. The minimum Gasteiger partial charge on any atom is -0.342 e. The van der Waals surface area contributed by atoms with Crippen molar-refractivity contribution >= 4 is 5.91 Å². The van der Waals surface area contributed by atoms with Gasteiger partial charge in [-0.1, -0.05) is 6.92 Å². The zero-order valence-corrected chi connectivity index (χ0v) is 12.6. The van der Waals surface area contributed by atoms with E-state index in [9.17, 15) is 4.79 Å². The number of piperidine rings is 1. The van der Waals surface area contributed by atoms with Crippen molar-refractivity contribution in [3.8, 4) is 0 Å². The van der Waals surface area contributed by atoms with E-state index < -0.39 is 0 Å². The Bertz CT molecular complexity index is 266. The third-order valence-electron chi connectivity index (χ3n) is 4.29. The van der Waals surface area contributed by atoms with E-state index in [-0.39, 0.29) is 11.9 Å². The molecule has 3 atom stereocenters. The van der Waals surface area contributed by atoms with Crippen LogP contribution in [-0.4, -0.2) is 61.0 Å². The first kappa shape index (κ1) is 15.4. The van der Waals surface area contributed by atoms with Gasteiger partial charge in [0.05, 0.1) is 6.04 Å². The van der Waals surface area contributed by atoms with E-state index in [0.717, 1.165) is 32.6 Å². The molecule has 1 fully saturated rings. The minimum atomic E-state index is 0.0187. The third-order valence-corrected chi connectivity index (χ3v) is 4.29. The van der Waals surface area contributed by atoms with E-state index >= 15 is 0 Å². The minimum absolute atomic E-state index is 0.0187. The largest absolute Gasteiger partial charge is 0.342 e. The first-order valence-corrected chi connectivity index (χ1v) is 7.25. The molecule has 4 nitrogen and oxygen atoms in total. The molecule has 4 heteroatoms.